The number of carbonyl (C=O) groups excluding carboxylic acids is 1. The quantitative estimate of drug-likeness (QED) is 0.832. The highest BCUT2D eigenvalue weighted by Gasteiger charge is 2.38. The Morgan fingerprint density at radius 1 is 1.38 bits per heavy atom. The number of halogens is 1. The number of hydrogen-bond donors (Lipinski definition) is 0. The van der Waals surface area contributed by atoms with Gasteiger partial charge in [0.05, 0.1) is 5.25 Å². The Morgan fingerprint density at radius 2 is 2.05 bits per heavy atom. The smallest absolute Gasteiger partial charge is 0.222 e. The summed E-state index contributed by atoms with van der Waals surface area (Å²) in [5, 5.41) is 0.352. The van der Waals surface area contributed by atoms with Crippen molar-refractivity contribution in [1.82, 2.24) is 4.90 Å². The molecule has 0 radical (unpaired) electrons. The first-order chi connectivity index (χ1) is 9.83. The van der Waals surface area contributed by atoms with Crippen LogP contribution in [0.3, 0.4) is 0 Å². The zero-order valence-corrected chi connectivity index (χ0v) is 13.9. The summed E-state index contributed by atoms with van der Waals surface area (Å²) in [7, 11) is -3.01. The van der Waals surface area contributed by atoms with Crippen molar-refractivity contribution in [3.05, 3.63) is 34.3 Å². The van der Waals surface area contributed by atoms with Crippen molar-refractivity contribution in [3.8, 4) is 0 Å². The fourth-order valence-corrected chi connectivity index (χ4v) is 3.78. The SMILES string of the molecule is CCS(=O)(=O)C1CN(C(=O)CCc2ccc(Cl)c(C)c2)C1. The zero-order chi connectivity index (χ0) is 15.6. The van der Waals surface area contributed by atoms with Crippen LogP contribution in [-0.2, 0) is 21.1 Å². The van der Waals surface area contributed by atoms with Gasteiger partial charge in [-0.2, -0.15) is 0 Å². The zero-order valence-electron chi connectivity index (χ0n) is 12.3. The van der Waals surface area contributed by atoms with Gasteiger partial charge in [-0.1, -0.05) is 30.7 Å². The molecule has 1 aliphatic heterocycles. The van der Waals surface area contributed by atoms with Crippen molar-refractivity contribution in [3.63, 3.8) is 0 Å². The molecule has 1 amide bonds. The van der Waals surface area contributed by atoms with Gasteiger partial charge in [-0.3, -0.25) is 4.79 Å². The molecule has 0 spiro atoms. The molecule has 1 fully saturated rings. The fourth-order valence-electron chi connectivity index (χ4n) is 2.38. The highest BCUT2D eigenvalue weighted by atomic mass is 35.5. The molecular weight excluding hydrogens is 310 g/mol. The lowest BCUT2D eigenvalue weighted by atomic mass is 10.1. The molecule has 0 N–H and O–H groups in total. The molecule has 21 heavy (non-hydrogen) atoms. The van der Waals surface area contributed by atoms with Crippen molar-refractivity contribution >= 4 is 27.3 Å². The maximum absolute atomic E-state index is 12.0. The van der Waals surface area contributed by atoms with Crippen molar-refractivity contribution in [2.75, 3.05) is 18.8 Å². The van der Waals surface area contributed by atoms with Gasteiger partial charge < -0.3 is 4.90 Å². The van der Waals surface area contributed by atoms with Crippen LogP contribution in [0.5, 0.6) is 0 Å². The van der Waals surface area contributed by atoms with Gasteiger partial charge >= 0.3 is 0 Å². The van der Waals surface area contributed by atoms with E-state index < -0.39 is 9.84 Å². The molecule has 1 aliphatic rings. The van der Waals surface area contributed by atoms with Crippen molar-refractivity contribution in [2.24, 2.45) is 0 Å². The summed E-state index contributed by atoms with van der Waals surface area (Å²) in [6.07, 6.45) is 1.05. The van der Waals surface area contributed by atoms with E-state index in [1.165, 1.54) is 0 Å². The highest BCUT2D eigenvalue weighted by molar-refractivity contribution is 7.92. The van der Waals surface area contributed by atoms with Gasteiger partial charge in [-0.15, -0.1) is 0 Å². The lowest BCUT2D eigenvalue weighted by molar-refractivity contribution is -0.134. The Hall–Kier alpha value is -1.07. The number of amides is 1. The van der Waals surface area contributed by atoms with E-state index >= 15 is 0 Å². The molecule has 1 heterocycles. The molecule has 1 aromatic rings. The summed E-state index contributed by atoms with van der Waals surface area (Å²) < 4.78 is 23.3. The summed E-state index contributed by atoms with van der Waals surface area (Å²) in [4.78, 5) is 13.6. The van der Waals surface area contributed by atoms with Gasteiger partial charge in [-0.05, 0) is 30.5 Å². The molecule has 2 rings (SSSR count). The molecule has 6 heteroatoms. The van der Waals surface area contributed by atoms with Crippen LogP contribution in [0.4, 0.5) is 0 Å². The lowest BCUT2D eigenvalue weighted by Gasteiger charge is -2.38. The van der Waals surface area contributed by atoms with Crippen LogP contribution in [0.2, 0.25) is 5.02 Å². The average Bonchev–Trinajstić information content (AvgIpc) is 2.38. The van der Waals surface area contributed by atoms with E-state index in [9.17, 15) is 13.2 Å². The van der Waals surface area contributed by atoms with Gasteiger partial charge in [0.1, 0.15) is 0 Å². The minimum Gasteiger partial charge on any atom is -0.340 e. The maximum Gasteiger partial charge on any atom is 0.222 e. The third-order valence-electron chi connectivity index (χ3n) is 3.96. The monoisotopic (exact) mass is 329 g/mol. The molecule has 0 saturated carbocycles. The van der Waals surface area contributed by atoms with Crippen LogP contribution < -0.4 is 0 Å². The molecule has 0 aromatic heterocycles. The van der Waals surface area contributed by atoms with E-state index in [-0.39, 0.29) is 16.9 Å². The first-order valence-corrected chi connectivity index (χ1v) is 9.17. The molecule has 1 aromatic carbocycles. The number of likely N-dealkylation sites (tertiary alicyclic amines) is 1. The largest absolute Gasteiger partial charge is 0.340 e. The number of aryl methyl sites for hydroxylation is 2. The summed E-state index contributed by atoms with van der Waals surface area (Å²) in [5.74, 6) is 0.161. The van der Waals surface area contributed by atoms with Crippen molar-refractivity contribution < 1.29 is 13.2 Å². The molecule has 116 valence electrons. The Balaban J connectivity index is 1.83. The van der Waals surface area contributed by atoms with Crippen LogP contribution in [-0.4, -0.2) is 43.3 Å². The number of benzene rings is 1. The lowest BCUT2D eigenvalue weighted by Crippen LogP contribution is -2.57. The van der Waals surface area contributed by atoms with Crippen molar-refractivity contribution in [1.29, 1.82) is 0 Å². The minimum atomic E-state index is -3.01. The topological polar surface area (TPSA) is 54.5 Å². The highest BCUT2D eigenvalue weighted by Crippen LogP contribution is 2.20. The molecular formula is C15H20ClNO3S. The second-order valence-corrected chi connectivity index (χ2v) is 8.43. The van der Waals surface area contributed by atoms with Crippen molar-refractivity contribution in [2.45, 2.75) is 31.9 Å². The van der Waals surface area contributed by atoms with Crippen LogP contribution in [0.15, 0.2) is 18.2 Å². The summed E-state index contributed by atoms with van der Waals surface area (Å²) in [6, 6.07) is 5.74. The Bertz CT molecular complexity index is 636. The second kappa shape index (κ2) is 6.36. The summed E-state index contributed by atoms with van der Waals surface area (Å²) in [5.41, 5.74) is 2.07. The van der Waals surface area contributed by atoms with Gasteiger partial charge in [0.25, 0.3) is 0 Å². The average molecular weight is 330 g/mol. The van der Waals surface area contributed by atoms with E-state index in [2.05, 4.69) is 0 Å². The Kier molecular flexibility index (Phi) is 4.94. The summed E-state index contributed by atoms with van der Waals surface area (Å²) >= 11 is 5.97. The Morgan fingerprint density at radius 3 is 2.62 bits per heavy atom. The normalized spacial score (nSPS) is 15.9. The predicted molar refractivity (Wildman–Crippen MR) is 84.3 cm³/mol. The van der Waals surface area contributed by atoms with Gasteiger partial charge in [0.2, 0.25) is 5.91 Å². The van der Waals surface area contributed by atoms with Gasteiger partial charge in [-0.25, -0.2) is 8.42 Å². The first kappa shape index (κ1) is 16.3. The van der Waals surface area contributed by atoms with E-state index in [1.54, 1.807) is 11.8 Å². The van der Waals surface area contributed by atoms with E-state index in [1.807, 2.05) is 25.1 Å². The van der Waals surface area contributed by atoms with Crippen LogP contribution in [0, 0.1) is 6.92 Å². The Labute approximate surface area is 131 Å². The molecule has 0 atom stereocenters. The molecule has 0 bridgehead atoms. The standard InChI is InChI=1S/C15H20ClNO3S/c1-3-21(19,20)13-9-17(10-13)15(18)7-5-12-4-6-14(16)11(2)8-12/h4,6,8,13H,3,5,7,9-10H2,1-2H3. The molecule has 4 nitrogen and oxygen atoms in total. The van der Waals surface area contributed by atoms with Gasteiger partial charge in [0.15, 0.2) is 9.84 Å². The number of hydrogen-bond acceptors (Lipinski definition) is 3. The van der Waals surface area contributed by atoms with Crippen LogP contribution in [0.1, 0.15) is 24.5 Å². The fraction of sp³-hybridized carbons (Fsp3) is 0.533. The van der Waals surface area contributed by atoms with E-state index in [0.717, 1.165) is 16.1 Å². The van der Waals surface area contributed by atoms with Gasteiger partial charge in [0, 0.05) is 30.3 Å². The maximum atomic E-state index is 12.0. The summed E-state index contributed by atoms with van der Waals surface area (Å²) in [6.45, 7) is 4.26. The van der Waals surface area contributed by atoms with E-state index in [4.69, 9.17) is 11.6 Å². The number of nitrogens with zero attached hydrogens (tertiary/aromatic N) is 1. The third kappa shape index (κ3) is 3.77. The minimum absolute atomic E-state index is 0.0187. The van der Waals surface area contributed by atoms with Crippen LogP contribution >= 0.6 is 11.6 Å². The number of sulfone groups is 1. The molecule has 1 saturated heterocycles. The number of rotatable bonds is 5. The molecule has 0 unspecified atom stereocenters. The first-order valence-electron chi connectivity index (χ1n) is 7.08. The van der Waals surface area contributed by atoms with Crippen LogP contribution in [0.25, 0.3) is 0 Å². The second-order valence-electron chi connectivity index (χ2n) is 5.46. The molecule has 0 aliphatic carbocycles. The number of carbonyl (C=O) groups is 1. The predicted octanol–water partition coefficient (Wildman–Crippen LogP) is 2.23. The third-order valence-corrected chi connectivity index (χ3v) is 6.50. The van der Waals surface area contributed by atoms with E-state index in [0.29, 0.717) is 25.9 Å².